The molecular formula is C8H13F3N2O3. The van der Waals surface area contributed by atoms with Crippen molar-refractivity contribution in [3.8, 4) is 0 Å². The number of carbonyl (C=O) groups is 2. The van der Waals surface area contributed by atoms with E-state index in [4.69, 9.17) is 5.11 Å². The molecule has 5 nitrogen and oxygen atoms in total. The summed E-state index contributed by atoms with van der Waals surface area (Å²) in [7, 11) is 0. The van der Waals surface area contributed by atoms with Crippen molar-refractivity contribution in [1.82, 2.24) is 10.2 Å². The Hall–Kier alpha value is -1.31. The first kappa shape index (κ1) is 14.7. The fourth-order valence-corrected chi connectivity index (χ4v) is 1.05. The summed E-state index contributed by atoms with van der Waals surface area (Å²) in [4.78, 5) is 21.5. The van der Waals surface area contributed by atoms with Crippen molar-refractivity contribution < 1.29 is 27.9 Å². The predicted octanol–water partition coefficient (Wildman–Crippen LogP) is 0.0714. The Morgan fingerprint density at radius 1 is 1.38 bits per heavy atom. The van der Waals surface area contributed by atoms with Gasteiger partial charge in [0.15, 0.2) is 0 Å². The van der Waals surface area contributed by atoms with Crippen LogP contribution < -0.4 is 5.32 Å². The number of carboxylic acids is 1. The maximum Gasteiger partial charge on any atom is 0.401 e. The van der Waals surface area contributed by atoms with E-state index in [1.165, 1.54) is 6.92 Å². The largest absolute Gasteiger partial charge is 0.480 e. The van der Waals surface area contributed by atoms with Crippen LogP contribution in [0.4, 0.5) is 13.2 Å². The molecular weight excluding hydrogens is 229 g/mol. The summed E-state index contributed by atoms with van der Waals surface area (Å²) in [5.74, 6) is -1.71. The van der Waals surface area contributed by atoms with Crippen molar-refractivity contribution >= 4 is 11.9 Å². The van der Waals surface area contributed by atoms with E-state index in [1.807, 2.05) is 0 Å². The molecule has 0 aromatic heterocycles. The summed E-state index contributed by atoms with van der Waals surface area (Å²) >= 11 is 0. The van der Waals surface area contributed by atoms with E-state index >= 15 is 0 Å². The number of hydrogen-bond donors (Lipinski definition) is 2. The number of amides is 1. The molecule has 16 heavy (non-hydrogen) atoms. The van der Waals surface area contributed by atoms with Gasteiger partial charge in [-0.1, -0.05) is 0 Å². The molecule has 1 amide bonds. The van der Waals surface area contributed by atoms with Crippen molar-refractivity contribution in [1.29, 1.82) is 0 Å². The molecule has 0 fully saturated rings. The molecule has 2 N–H and O–H groups in total. The van der Waals surface area contributed by atoms with Gasteiger partial charge in [-0.25, -0.2) is 0 Å². The monoisotopic (exact) mass is 242 g/mol. The molecule has 8 heteroatoms. The molecule has 0 saturated carbocycles. The van der Waals surface area contributed by atoms with Crippen LogP contribution in [0.3, 0.4) is 0 Å². The van der Waals surface area contributed by atoms with Gasteiger partial charge in [-0.3, -0.25) is 14.5 Å². The maximum atomic E-state index is 12.0. The summed E-state index contributed by atoms with van der Waals surface area (Å²) in [5.41, 5.74) is 0. The van der Waals surface area contributed by atoms with Crippen molar-refractivity contribution in [2.45, 2.75) is 13.1 Å². The quantitative estimate of drug-likeness (QED) is 0.691. The molecule has 0 heterocycles. The molecule has 0 atom stereocenters. The Morgan fingerprint density at radius 3 is 2.31 bits per heavy atom. The third-order valence-electron chi connectivity index (χ3n) is 1.56. The van der Waals surface area contributed by atoms with Crippen LogP contribution in [0.25, 0.3) is 0 Å². The summed E-state index contributed by atoms with van der Waals surface area (Å²) in [6.07, 6.45) is -4.45. The minimum absolute atomic E-state index is 0.0152. The van der Waals surface area contributed by atoms with Gasteiger partial charge in [-0.2, -0.15) is 13.2 Å². The molecule has 0 aromatic rings. The molecule has 0 aliphatic carbocycles. The minimum atomic E-state index is -4.45. The Balaban J connectivity index is 4.10. The van der Waals surface area contributed by atoms with Crippen LogP contribution in [-0.2, 0) is 9.59 Å². The molecule has 0 radical (unpaired) electrons. The van der Waals surface area contributed by atoms with Gasteiger partial charge in [0, 0.05) is 20.0 Å². The van der Waals surface area contributed by atoms with Gasteiger partial charge in [-0.15, -0.1) is 0 Å². The Bertz CT molecular complexity index is 255. The second-order valence-electron chi connectivity index (χ2n) is 3.20. The van der Waals surface area contributed by atoms with Crippen molar-refractivity contribution in [2.75, 3.05) is 26.2 Å². The highest BCUT2D eigenvalue weighted by molar-refractivity contribution is 5.72. The van der Waals surface area contributed by atoms with Gasteiger partial charge in [0.2, 0.25) is 5.91 Å². The number of hydrogen-bond acceptors (Lipinski definition) is 3. The fourth-order valence-electron chi connectivity index (χ4n) is 1.05. The number of rotatable bonds is 6. The van der Waals surface area contributed by atoms with Crippen LogP contribution in [0.15, 0.2) is 0 Å². The van der Waals surface area contributed by atoms with E-state index < -0.39 is 25.2 Å². The summed E-state index contributed by atoms with van der Waals surface area (Å²) < 4.78 is 36.1. The van der Waals surface area contributed by atoms with Crippen LogP contribution in [-0.4, -0.2) is 54.2 Å². The van der Waals surface area contributed by atoms with Crippen LogP contribution in [0.5, 0.6) is 0 Å². The van der Waals surface area contributed by atoms with E-state index in [2.05, 4.69) is 5.32 Å². The van der Waals surface area contributed by atoms with Crippen molar-refractivity contribution in [3.05, 3.63) is 0 Å². The molecule has 0 rings (SSSR count). The number of alkyl halides is 3. The smallest absolute Gasteiger partial charge is 0.401 e. The maximum absolute atomic E-state index is 12.0. The molecule has 0 bridgehead atoms. The van der Waals surface area contributed by atoms with E-state index in [0.29, 0.717) is 4.90 Å². The normalized spacial score (nSPS) is 11.6. The lowest BCUT2D eigenvalue weighted by molar-refractivity contribution is -0.153. The van der Waals surface area contributed by atoms with Gasteiger partial charge < -0.3 is 10.4 Å². The van der Waals surface area contributed by atoms with E-state index in [0.717, 1.165) is 0 Å². The number of halogens is 3. The summed E-state index contributed by atoms with van der Waals surface area (Å²) in [5, 5.41) is 10.7. The average Bonchev–Trinajstić information content (AvgIpc) is 1.98. The minimum Gasteiger partial charge on any atom is -0.480 e. The Labute approximate surface area is 90.2 Å². The zero-order valence-corrected chi connectivity index (χ0v) is 8.67. The zero-order valence-electron chi connectivity index (χ0n) is 8.67. The second kappa shape index (κ2) is 6.31. The molecule has 0 aliphatic heterocycles. The lowest BCUT2D eigenvalue weighted by Crippen LogP contribution is -2.42. The molecule has 0 saturated heterocycles. The third kappa shape index (κ3) is 9.25. The number of nitrogens with one attached hydrogen (secondary N) is 1. The molecule has 94 valence electrons. The first-order chi connectivity index (χ1) is 7.20. The molecule has 0 aromatic carbocycles. The first-order valence-corrected chi connectivity index (χ1v) is 4.46. The standard InChI is InChI=1S/C8H13F3N2O3/c1-6(14)12-2-3-13(4-7(15)16)5-8(9,10)11/h2-5H2,1H3,(H,12,14)(H,15,16). The van der Waals surface area contributed by atoms with E-state index in [1.54, 1.807) is 0 Å². The highest BCUT2D eigenvalue weighted by atomic mass is 19.4. The summed E-state index contributed by atoms with van der Waals surface area (Å²) in [6.45, 7) is -0.965. The Kier molecular flexibility index (Phi) is 5.79. The third-order valence-corrected chi connectivity index (χ3v) is 1.56. The van der Waals surface area contributed by atoms with Gasteiger partial charge >= 0.3 is 12.1 Å². The SMILES string of the molecule is CC(=O)NCCN(CC(=O)O)CC(F)(F)F. The lowest BCUT2D eigenvalue weighted by Gasteiger charge is -2.21. The van der Waals surface area contributed by atoms with Crippen LogP contribution >= 0.6 is 0 Å². The average molecular weight is 242 g/mol. The fraction of sp³-hybridized carbons (Fsp3) is 0.750. The Morgan fingerprint density at radius 2 is 1.94 bits per heavy atom. The van der Waals surface area contributed by atoms with Crippen molar-refractivity contribution in [3.63, 3.8) is 0 Å². The van der Waals surface area contributed by atoms with E-state index in [-0.39, 0.29) is 19.0 Å². The number of nitrogens with zero attached hydrogens (tertiary/aromatic N) is 1. The van der Waals surface area contributed by atoms with Crippen LogP contribution in [0, 0.1) is 0 Å². The number of carboxylic acid groups (broad SMARTS) is 1. The van der Waals surface area contributed by atoms with Crippen molar-refractivity contribution in [2.24, 2.45) is 0 Å². The van der Waals surface area contributed by atoms with Crippen LogP contribution in [0.1, 0.15) is 6.92 Å². The van der Waals surface area contributed by atoms with Gasteiger partial charge in [0.25, 0.3) is 0 Å². The van der Waals surface area contributed by atoms with Gasteiger partial charge in [-0.05, 0) is 0 Å². The summed E-state index contributed by atoms with van der Waals surface area (Å²) in [6, 6.07) is 0. The van der Waals surface area contributed by atoms with E-state index in [9.17, 15) is 22.8 Å². The van der Waals surface area contributed by atoms with Gasteiger partial charge in [0.05, 0.1) is 13.1 Å². The highest BCUT2D eigenvalue weighted by Crippen LogP contribution is 2.15. The second-order valence-corrected chi connectivity index (χ2v) is 3.20. The lowest BCUT2D eigenvalue weighted by atomic mass is 10.4. The zero-order chi connectivity index (χ0) is 12.8. The highest BCUT2D eigenvalue weighted by Gasteiger charge is 2.31. The molecule has 0 aliphatic rings. The number of aliphatic carboxylic acids is 1. The number of carbonyl (C=O) groups excluding carboxylic acids is 1. The topological polar surface area (TPSA) is 69.6 Å². The first-order valence-electron chi connectivity index (χ1n) is 4.46. The van der Waals surface area contributed by atoms with Gasteiger partial charge in [0.1, 0.15) is 0 Å². The molecule has 0 unspecified atom stereocenters. The predicted molar refractivity (Wildman–Crippen MR) is 48.8 cm³/mol. The molecule has 0 spiro atoms. The van der Waals surface area contributed by atoms with Crippen LogP contribution in [0.2, 0.25) is 0 Å².